The first-order valence-electron chi connectivity index (χ1n) is 7.97. The second-order valence-corrected chi connectivity index (χ2v) is 7.71. The van der Waals surface area contributed by atoms with Gasteiger partial charge in [0.05, 0.1) is 22.8 Å². The fraction of sp³-hybridized carbons (Fsp3) is 0.444. The van der Waals surface area contributed by atoms with E-state index in [-0.39, 0.29) is 11.9 Å². The van der Waals surface area contributed by atoms with Gasteiger partial charge < -0.3 is 10.0 Å². The van der Waals surface area contributed by atoms with Gasteiger partial charge in [-0.2, -0.15) is 0 Å². The average molecular weight is 330 g/mol. The summed E-state index contributed by atoms with van der Waals surface area (Å²) in [6, 6.07) is 10.0. The van der Waals surface area contributed by atoms with E-state index in [1.54, 1.807) is 24.9 Å². The smallest absolute Gasteiger partial charge is 0.265 e. The van der Waals surface area contributed by atoms with Crippen molar-refractivity contribution in [1.29, 1.82) is 0 Å². The van der Waals surface area contributed by atoms with E-state index in [1.807, 2.05) is 18.2 Å². The molecule has 0 spiro atoms. The fourth-order valence-corrected chi connectivity index (χ4v) is 4.06. The quantitative estimate of drug-likeness (QED) is 0.937. The first kappa shape index (κ1) is 16.1. The van der Waals surface area contributed by atoms with E-state index >= 15 is 0 Å². The van der Waals surface area contributed by atoms with Crippen LogP contribution in [-0.4, -0.2) is 39.1 Å². The highest BCUT2D eigenvalue weighted by Crippen LogP contribution is 2.29. The van der Waals surface area contributed by atoms with Crippen molar-refractivity contribution in [3.63, 3.8) is 0 Å². The minimum atomic E-state index is -0.871. The van der Waals surface area contributed by atoms with Crippen molar-refractivity contribution in [2.75, 3.05) is 6.54 Å². The lowest BCUT2D eigenvalue weighted by Crippen LogP contribution is -2.48. The summed E-state index contributed by atoms with van der Waals surface area (Å²) >= 11 is 1.45. The maximum absolute atomic E-state index is 12.8. The van der Waals surface area contributed by atoms with Crippen LogP contribution in [0.2, 0.25) is 0 Å². The molecule has 0 saturated carbocycles. The molecule has 2 aromatic rings. The number of carbonyl (C=O) groups is 1. The molecule has 1 fully saturated rings. The van der Waals surface area contributed by atoms with Crippen LogP contribution in [0.15, 0.2) is 36.5 Å². The van der Waals surface area contributed by atoms with Crippen LogP contribution in [0.4, 0.5) is 0 Å². The van der Waals surface area contributed by atoms with Crippen LogP contribution in [-0.2, 0) is 6.42 Å². The molecule has 5 heteroatoms. The zero-order valence-electron chi connectivity index (χ0n) is 13.5. The van der Waals surface area contributed by atoms with E-state index in [0.29, 0.717) is 11.4 Å². The Kier molecular flexibility index (Phi) is 4.50. The molecule has 1 aliphatic rings. The number of amides is 1. The SMILES string of the molecule is CC(C)(O)C1CCCN1C(=O)c1cnc(Cc2ccccc2)s1. The Morgan fingerprint density at radius 1 is 1.39 bits per heavy atom. The third-order valence-electron chi connectivity index (χ3n) is 4.29. The summed E-state index contributed by atoms with van der Waals surface area (Å²) in [5.41, 5.74) is 0.320. The monoisotopic (exact) mass is 330 g/mol. The summed E-state index contributed by atoms with van der Waals surface area (Å²) in [7, 11) is 0. The molecule has 1 aromatic carbocycles. The average Bonchev–Trinajstić information content (AvgIpc) is 3.16. The molecule has 1 saturated heterocycles. The highest BCUT2D eigenvalue weighted by molar-refractivity contribution is 7.13. The van der Waals surface area contributed by atoms with Crippen LogP contribution in [0.5, 0.6) is 0 Å². The standard InChI is InChI=1S/C18H22N2O2S/c1-18(2,22)15-9-6-10-20(15)17(21)14-12-19-16(23-14)11-13-7-4-3-5-8-13/h3-5,7-8,12,15,22H,6,9-11H2,1-2H3. The van der Waals surface area contributed by atoms with E-state index in [2.05, 4.69) is 17.1 Å². The van der Waals surface area contributed by atoms with Crippen molar-refractivity contribution in [1.82, 2.24) is 9.88 Å². The number of aliphatic hydroxyl groups is 1. The molecule has 0 bridgehead atoms. The number of likely N-dealkylation sites (tertiary alicyclic amines) is 1. The van der Waals surface area contributed by atoms with Crippen LogP contribution in [0.1, 0.15) is 46.9 Å². The Bertz CT molecular complexity index is 676. The molecular formula is C18H22N2O2S. The van der Waals surface area contributed by atoms with Gasteiger partial charge in [0.2, 0.25) is 0 Å². The van der Waals surface area contributed by atoms with Gasteiger partial charge in [0.25, 0.3) is 5.91 Å². The van der Waals surface area contributed by atoms with E-state index < -0.39 is 5.60 Å². The molecule has 0 radical (unpaired) electrons. The molecule has 3 rings (SSSR count). The highest BCUT2D eigenvalue weighted by atomic mass is 32.1. The minimum Gasteiger partial charge on any atom is -0.388 e. The minimum absolute atomic E-state index is 0.00793. The van der Waals surface area contributed by atoms with Gasteiger partial charge in [-0.05, 0) is 32.3 Å². The number of rotatable bonds is 4. The highest BCUT2D eigenvalue weighted by Gasteiger charge is 2.39. The molecule has 1 amide bonds. The Labute approximate surface area is 140 Å². The Morgan fingerprint density at radius 2 is 2.13 bits per heavy atom. The van der Waals surface area contributed by atoms with Gasteiger partial charge in [-0.3, -0.25) is 4.79 Å². The third kappa shape index (κ3) is 3.62. The van der Waals surface area contributed by atoms with Crippen molar-refractivity contribution in [2.45, 2.75) is 44.8 Å². The number of benzene rings is 1. The number of thiazole rings is 1. The normalized spacial score (nSPS) is 18.4. The van der Waals surface area contributed by atoms with Gasteiger partial charge in [0, 0.05) is 13.0 Å². The first-order valence-corrected chi connectivity index (χ1v) is 8.79. The van der Waals surface area contributed by atoms with Crippen molar-refractivity contribution < 1.29 is 9.90 Å². The Morgan fingerprint density at radius 3 is 2.83 bits per heavy atom. The fourth-order valence-electron chi connectivity index (χ4n) is 3.15. The van der Waals surface area contributed by atoms with Gasteiger partial charge in [0.15, 0.2) is 0 Å². The van der Waals surface area contributed by atoms with E-state index in [4.69, 9.17) is 0 Å². The van der Waals surface area contributed by atoms with E-state index in [0.717, 1.165) is 24.3 Å². The van der Waals surface area contributed by atoms with Crippen molar-refractivity contribution in [3.8, 4) is 0 Å². The predicted octanol–water partition coefficient (Wildman–Crippen LogP) is 3.11. The predicted molar refractivity (Wildman–Crippen MR) is 91.7 cm³/mol. The second-order valence-electron chi connectivity index (χ2n) is 6.59. The van der Waals surface area contributed by atoms with E-state index in [1.165, 1.54) is 16.9 Å². The van der Waals surface area contributed by atoms with Crippen LogP contribution in [0.25, 0.3) is 0 Å². The zero-order valence-corrected chi connectivity index (χ0v) is 14.3. The number of hydrogen-bond acceptors (Lipinski definition) is 4. The molecule has 1 unspecified atom stereocenters. The lowest BCUT2D eigenvalue weighted by Gasteiger charge is -2.33. The molecule has 4 nitrogen and oxygen atoms in total. The molecule has 1 N–H and O–H groups in total. The number of aromatic nitrogens is 1. The zero-order chi connectivity index (χ0) is 16.4. The van der Waals surface area contributed by atoms with Gasteiger partial charge in [-0.25, -0.2) is 4.98 Å². The third-order valence-corrected chi connectivity index (χ3v) is 5.28. The van der Waals surface area contributed by atoms with Crippen LogP contribution in [0.3, 0.4) is 0 Å². The van der Waals surface area contributed by atoms with E-state index in [9.17, 15) is 9.90 Å². The van der Waals surface area contributed by atoms with Crippen molar-refractivity contribution in [2.24, 2.45) is 0 Å². The number of hydrogen-bond donors (Lipinski definition) is 1. The summed E-state index contributed by atoms with van der Waals surface area (Å²) in [4.78, 5) is 19.6. The molecule has 1 aliphatic heterocycles. The molecule has 0 aliphatic carbocycles. The summed E-state index contributed by atoms with van der Waals surface area (Å²) in [6.07, 6.45) is 4.21. The van der Waals surface area contributed by atoms with Gasteiger partial charge in [-0.15, -0.1) is 11.3 Å². The Hall–Kier alpha value is -1.72. The van der Waals surface area contributed by atoms with Crippen LogP contribution in [0, 0.1) is 0 Å². The van der Waals surface area contributed by atoms with Gasteiger partial charge >= 0.3 is 0 Å². The largest absolute Gasteiger partial charge is 0.388 e. The van der Waals surface area contributed by atoms with Crippen molar-refractivity contribution in [3.05, 3.63) is 52.0 Å². The first-order chi connectivity index (χ1) is 10.9. The summed E-state index contributed by atoms with van der Waals surface area (Å²) in [5.74, 6) is -0.00793. The summed E-state index contributed by atoms with van der Waals surface area (Å²) in [5, 5.41) is 11.2. The second kappa shape index (κ2) is 6.42. The van der Waals surface area contributed by atoms with Crippen molar-refractivity contribution >= 4 is 17.2 Å². The molecule has 1 atom stereocenters. The summed E-state index contributed by atoms with van der Waals surface area (Å²) in [6.45, 7) is 4.26. The molecule has 2 heterocycles. The number of carbonyl (C=O) groups excluding carboxylic acids is 1. The van der Waals surface area contributed by atoms with Crippen LogP contribution < -0.4 is 0 Å². The van der Waals surface area contributed by atoms with Gasteiger partial charge in [0.1, 0.15) is 4.88 Å². The summed E-state index contributed by atoms with van der Waals surface area (Å²) < 4.78 is 0. The van der Waals surface area contributed by atoms with Crippen LogP contribution >= 0.6 is 11.3 Å². The maximum atomic E-state index is 12.8. The lowest BCUT2D eigenvalue weighted by atomic mass is 9.96. The topological polar surface area (TPSA) is 53.4 Å². The maximum Gasteiger partial charge on any atom is 0.265 e. The number of nitrogens with zero attached hydrogens (tertiary/aromatic N) is 2. The molecule has 23 heavy (non-hydrogen) atoms. The molecule has 1 aromatic heterocycles. The lowest BCUT2D eigenvalue weighted by molar-refractivity contribution is 0.000510. The Balaban J connectivity index is 1.74. The van der Waals surface area contributed by atoms with Gasteiger partial charge in [-0.1, -0.05) is 30.3 Å². The molecular weight excluding hydrogens is 308 g/mol. The molecule has 122 valence electrons.